The predicted molar refractivity (Wildman–Crippen MR) is 59.6 cm³/mol. The first-order valence-electron chi connectivity index (χ1n) is 5.73. The van der Waals surface area contributed by atoms with E-state index in [9.17, 15) is 0 Å². The first-order valence-corrected chi connectivity index (χ1v) is 5.73. The quantitative estimate of drug-likeness (QED) is 0.604. The molecule has 0 saturated carbocycles. The SMILES string of the molecule is C=NN1CCCCCCCCOCC1. The number of ether oxygens (including phenoxy) is 1. The van der Waals surface area contributed by atoms with Crippen molar-refractivity contribution >= 4 is 6.72 Å². The average Bonchev–Trinajstić information content (AvgIpc) is 2.19. The molecule has 0 aromatic rings. The second-order valence-corrected chi connectivity index (χ2v) is 3.83. The Morgan fingerprint density at radius 2 is 1.57 bits per heavy atom. The highest BCUT2D eigenvalue weighted by Gasteiger charge is 2.01. The number of hydrogen-bond acceptors (Lipinski definition) is 3. The van der Waals surface area contributed by atoms with Gasteiger partial charge in [0.2, 0.25) is 0 Å². The lowest BCUT2D eigenvalue weighted by Gasteiger charge is -2.19. The van der Waals surface area contributed by atoms with Crippen molar-refractivity contribution in [1.82, 2.24) is 5.01 Å². The van der Waals surface area contributed by atoms with Crippen LogP contribution in [0.5, 0.6) is 0 Å². The van der Waals surface area contributed by atoms with E-state index in [2.05, 4.69) is 11.8 Å². The summed E-state index contributed by atoms with van der Waals surface area (Å²) in [5.74, 6) is 0. The molecule has 1 aliphatic rings. The summed E-state index contributed by atoms with van der Waals surface area (Å²) in [6.45, 7) is 7.20. The van der Waals surface area contributed by atoms with Crippen LogP contribution in [0.3, 0.4) is 0 Å². The Morgan fingerprint density at radius 3 is 2.36 bits per heavy atom. The Kier molecular flexibility index (Phi) is 6.41. The Labute approximate surface area is 87.1 Å². The smallest absolute Gasteiger partial charge is 0.0658 e. The van der Waals surface area contributed by atoms with Gasteiger partial charge in [-0.3, -0.25) is 5.01 Å². The second-order valence-electron chi connectivity index (χ2n) is 3.83. The van der Waals surface area contributed by atoms with Crippen LogP contribution in [0, 0.1) is 0 Å². The van der Waals surface area contributed by atoms with Gasteiger partial charge in [0.05, 0.1) is 13.2 Å². The minimum Gasteiger partial charge on any atom is -0.380 e. The Morgan fingerprint density at radius 1 is 0.857 bits per heavy atom. The van der Waals surface area contributed by atoms with Gasteiger partial charge in [-0.15, -0.1) is 0 Å². The first kappa shape index (κ1) is 11.5. The Balaban J connectivity index is 2.20. The monoisotopic (exact) mass is 198 g/mol. The van der Waals surface area contributed by atoms with Crippen LogP contribution < -0.4 is 0 Å². The molecule has 0 bridgehead atoms. The zero-order chi connectivity index (χ0) is 10.1. The molecular formula is C11H22N2O. The Hall–Kier alpha value is -0.570. The fourth-order valence-electron chi connectivity index (χ4n) is 1.73. The molecule has 1 saturated heterocycles. The lowest BCUT2D eigenvalue weighted by atomic mass is 10.1. The summed E-state index contributed by atoms with van der Waals surface area (Å²) in [6, 6.07) is 0. The topological polar surface area (TPSA) is 24.8 Å². The van der Waals surface area contributed by atoms with E-state index in [0.29, 0.717) is 0 Å². The third-order valence-corrected chi connectivity index (χ3v) is 2.65. The van der Waals surface area contributed by atoms with Crippen LogP contribution in [0.4, 0.5) is 0 Å². The third-order valence-electron chi connectivity index (χ3n) is 2.65. The van der Waals surface area contributed by atoms with Gasteiger partial charge in [-0.25, -0.2) is 0 Å². The Bertz CT molecular complexity index is 138. The number of rotatable bonds is 1. The number of nitrogens with zero attached hydrogens (tertiary/aromatic N) is 2. The predicted octanol–water partition coefficient (Wildman–Crippen LogP) is 2.27. The zero-order valence-electron chi connectivity index (χ0n) is 9.08. The van der Waals surface area contributed by atoms with Crippen LogP contribution >= 0.6 is 0 Å². The highest BCUT2D eigenvalue weighted by molar-refractivity contribution is 5.22. The number of hydrogen-bond donors (Lipinski definition) is 0. The molecule has 0 radical (unpaired) electrons. The van der Waals surface area contributed by atoms with Crippen molar-refractivity contribution in [3.05, 3.63) is 0 Å². The number of hydrazone groups is 1. The van der Waals surface area contributed by atoms with Gasteiger partial charge >= 0.3 is 0 Å². The van der Waals surface area contributed by atoms with Crippen molar-refractivity contribution in [2.45, 2.75) is 38.5 Å². The molecule has 0 aliphatic carbocycles. The highest BCUT2D eigenvalue weighted by atomic mass is 16.5. The maximum absolute atomic E-state index is 5.51. The molecule has 82 valence electrons. The molecule has 0 aromatic carbocycles. The molecule has 1 aliphatic heterocycles. The third kappa shape index (κ3) is 5.22. The van der Waals surface area contributed by atoms with Gasteiger partial charge in [-0.1, -0.05) is 25.7 Å². The van der Waals surface area contributed by atoms with Crippen LogP contribution in [0.15, 0.2) is 5.10 Å². The summed E-state index contributed by atoms with van der Waals surface area (Å²) in [7, 11) is 0. The largest absolute Gasteiger partial charge is 0.380 e. The van der Waals surface area contributed by atoms with E-state index in [1.807, 2.05) is 5.01 Å². The van der Waals surface area contributed by atoms with E-state index in [1.54, 1.807) is 0 Å². The van der Waals surface area contributed by atoms with Crippen molar-refractivity contribution in [2.24, 2.45) is 5.10 Å². The summed E-state index contributed by atoms with van der Waals surface area (Å²) in [5.41, 5.74) is 0. The minimum atomic E-state index is 0.791. The van der Waals surface area contributed by atoms with Crippen molar-refractivity contribution in [2.75, 3.05) is 26.3 Å². The normalized spacial score (nSPS) is 22.1. The molecule has 1 fully saturated rings. The highest BCUT2D eigenvalue weighted by Crippen LogP contribution is 2.07. The summed E-state index contributed by atoms with van der Waals surface area (Å²) in [5, 5.41) is 5.99. The second kappa shape index (κ2) is 7.80. The molecular weight excluding hydrogens is 176 g/mol. The van der Waals surface area contributed by atoms with Gasteiger partial charge in [0, 0.05) is 19.9 Å². The van der Waals surface area contributed by atoms with Crippen LogP contribution in [0.1, 0.15) is 38.5 Å². The minimum absolute atomic E-state index is 0.791. The van der Waals surface area contributed by atoms with E-state index in [1.165, 1.54) is 38.5 Å². The van der Waals surface area contributed by atoms with Crippen LogP contribution in [0.2, 0.25) is 0 Å². The van der Waals surface area contributed by atoms with Gasteiger partial charge in [0.15, 0.2) is 0 Å². The van der Waals surface area contributed by atoms with E-state index in [4.69, 9.17) is 4.74 Å². The van der Waals surface area contributed by atoms with Gasteiger partial charge in [-0.05, 0) is 12.8 Å². The molecule has 0 atom stereocenters. The van der Waals surface area contributed by atoms with E-state index in [0.717, 1.165) is 26.3 Å². The molecule has 3 heteroatoms. The van der Waals surface area contributed by atoms with Crippen molar-refractivity contribution in [3.63, 3.8) is 0 Å². The molecule has 0 unspecified atom stereocenters. The van der Waals surface area contributed by atoms with Crippen LogP contribution in [-0.4, -0.2) is 38.0 Å². The van der Waals surface area contributed by atoms with Gasteiger partial charge < -0.3 is 4.74 Å². The lowest BCUT2D eigenvalue weighted by Crippen LogP contribution is -2.23. The van der Waals surface area contributed by atoms with Gasteiger partial charge in [0.25, 0.3) is 0 Å². The molecule has 0 N–H and O–H groups in total. The standard InChI is InChI=1S/C11H22N2O/c1-12-13-8-6-4-2-3-5-7-10-14-11-9-13/h1-11H2. The molecule has 1 heterocycles. The molecule has 1 rings (SSSR count). The molecule has 14 heavy (non-hydrogen) atoms. The fourth-order valence-corrected chi connectivity index (χ4v) is 1.73. The molecule has 0 spiro atoms. The van der Waals surface area contributed by atoms with E-state index in [-0.39, 0.29) is 0 Å². The molecule has 0 aromatic heterocycles. The average molecular weight is 198 g/mol. The van der Waals surface area contributed by atoms with Crippen molar-refractivity contribution in [1.29, 1.82) is 0 Å². The summed E-state index contributed by atoms with van der Waals surface area (Å²) in [4.78, 5) is 0. The first-order chi connectivity index (χ1) is 6.93. The summed E-state index contributed by atoms with van der Waals surface area (Å²) < 4.78 is 5.51. The van der Waals surface area contributed by atoms with E-state index < -0.39 is 0 Å². The maximum atomic E-state index is 5.51. The van der Waals surface area contributed by atoms with Crippen LogP contribution in [-0.2, 0) is 4.74 Å². The lowest BCUT2D eigenvalue weighted by molar-refractivity contribution is 0.0996. The van der Waals surface area contributed by atoms with Gasteiger partial charge in [0.1, 0.15) is 0 Å². The summed E-state index contributed by atoms with van der Waals surface area (Å²) >= 11 is 0. The fraction of sp³-hybridized carbons (Fsp3) is 0.909. The van der Waals surface area contributed by atoms with Crippen molar-refractivity contribution in [3.8, 4) is 0 Å². The molecule has 0 amide bonds. The van der Waals surface area contributed by atoms with E-state index >= 15 is 0 Å². The summed E-state index contributed by atoms with van der Waals surface area (Å²) in [6.07, 6.45) is 7.80. The maximum Gasteiger partial charge on any atom is 0.0658 e. The van der Waals surface area contributed by atoms with Crippen molar-refractivity contribution < 1.29 is 4.74 Å². The van der Waals surface area contributed by atoms with Gasteiger partial charge in [-0.2, -0.15) is 5.10 Å². The van der Waals surface area contributed by atoms with Crippen LogP contribution in [0.25, 0.3) is 0 Å². The zero-order valence-corrected chi connectivity index (χ0v) is 9.08. The molecule has 3 nitrogen and oxygen atoms in total.